The second kappa shape index (κ2) is 5.24. The van der Waals surface area contributed by atoms with E-state index in [-0.39, 0.29) is 0 Å². The molecular weight excluding hydrogens is 341 g/mol. The molecule has 0 atom stereocenters. The number of aromatic nitrogens is 2. The van der Waals surface area contributed by atoms with Crippen LogP contribution >= 0.6 is 0 Å². The van der Waals surface area contributed by atoms with Gasteiger partial charge < -0.3 is 0 Å². The van der Waals surface area contributed by atoms with E-state index >= 15 is 0 Å². The fourth-order valence-electron chi connectivity index (χ4n) is 3.17. The minimum absolute atomic E-state index is 1.03. The summed E-state index contributed by atoms with van der Waals surface area (Å²) in [6, 6.07) is 21.8. The number of benzene rings is 2. The summed E-state index contributed by atoms with van der Waals surface area (Å²) >= 11 is -1.78. The molecule has 0 spiro atoms. The van der Waals surface area contributed by atoms with Crippen LogP contribution in [0.1, 0.15) is 0 Å². The molecule has 114 valence electrons. The van der Waals surface area contributed by atoms with Gasteiger partial charge in [0.25, 0.3) is 0 Å². The van der Waals surface area contributed by atoms with Crippen LogP contribution in [0.2, 0.25) is 17.3 Å². The molecule has 4 rings (SSSR count). The van der Waals surface area contributed by atoms with Gasteiger partial charge in [0.1, 0.15) is 0 Å². The van der Waals surface area contributed by atoms with Gasteiger partial charge in [0.15, 0.2) is 0 Å². The van der Waals surface area contributed by atoms with Crippen LogP contribution in [-0.4, -0.2) is 22.8 Å². The van der Waals surface area contributed by atoms with Gasteiger partial charge in [-0.25, -0.2) is 0 Å². The predicted octanol–water partition coefficient (Wildman–Crippen LogP) is 4.72. The van der Waals surface area contributed by atoms with Crippen molar-refractivity contribution < 1.29 is 0 Å². The van der Waals surface area contributed by atoms with Crippen LogP contribution < -0.4 is 4.40 Å². The fraction of sp³-hybridized carbons (Fsp3) is 0.150. The number of para-hydroxylation sites is 1. The summed E-state index contributed by atoms with van der Waals surface area (Å²) in [5.74, 6) is 7.28. The molecule has 2 aromatic carbocycles. The monoisotopic (exact) mass is 362 g/mol. The van der Waals surface area contributed by atoms with E-state index in [4.69, 9.17) is 0 Å². The number of hydrogen-bond acceptors (Lipinski definition) is 1. The molecule has 2 heterocycles. The van der Waals surface area contributed by atoms with E-state index in [1.54, 1.807) is 0 Å². The number of nitrogens with zero attached hydrogens (tertiary/aromatic N) is 2. The third-order valence-electron chi connectivity index (χ3n) is 4.43. The van der Waals surface area contributed by atoms with E-state index in [9.17, 15) is 0 Å². The van der Waals surface area contributed by atoms with E-state index in [0.717, 1.165) is 5.65 Å². The summed E-state index contributed by atoms with van der Waals surface area (Å²) in [6.07, 6.45) is 1.87. The SMILES string of the molecule is [CH3][Ge]([CH3])([CH3])[c]1ccc(-n2c3ccccc3c3cccnc32)cc1. The Morgan fingerprint density at radius 2 is 1.48 bits per heavy atom. The fourth-order valence-corrected chi connectivity index (χ4v) is 5.62. The standard InChI is InChI=1S/C20H20GeN2/c1-21(2,3)15-10-12-16(13-11-15)23-19-9-5-4-7-17(19)18-8-6-14-22-20(18)23/h4-14H,1-3H3. The predicted molar refractivity (Wildman–Crippen MR) is 102 cm³/mol. The van der Waals surface area contributed by atoms with Gasteiger partial charge in [0.2, 0.25) is 0 Å². The normalized spacial score (nSPS) is 12.1. The Kier molecular flexibility index (Phi) is 3.31. The number of fused-ring (bicyclic) bond motifs is 3. The summed E-state index contributed by atoms with van der Waals surface area (Å²) < 4.78 is 3.80. The molecule has 23 heavy (non-hydrogen) atoms. The Morgan fingerprint density at radius 3 is 2.22 bits per heavy atom. The third kappa shape index (κ3) is 2.38. The molecule has 3 heteroatoms. The van der Waals surface area contributed by atoms with Crippen LogP contribution in [0.25, 0.3) is 27.6 Å². The van der Waals surface area contributed by atoms with Crippen molar-refractivity contribution in [2.24, 2.45) is 0 Å². The van der Waals surface area contributed by atoms with Gasteiger partial charge >= 0.3 is 139 Å². The van der Waals surface area contributed by atoms with E-state index in [1.165, 1.54) is 26.4 Å². The second-order valence-electron chi connectivity index (χ2n) is 7.02. The summed E-state index contributed by atoms with van der Waals surface area (Å²) in [6.45, 7) is 0. The molecule has 0 bridgehead atoms. The maximum atomic E-state index is 4.64. The minimum atomic E-state index is -1.78. The van der Waals surface area contributed by atoms with Gasteiger partial charge in [0.05, 0.1) is 0 Å². The molecule has 0 aliphatic rings. The van der Waals surface area contributed by atoms with Gasteiger partial charge in [-0.2, -0.15) is 0 Å². The second-order valence-corrected chi connectivity index (χ2v) is 17.7. The molecule has 0 saturated carbocycles. The molecule has 0 aliphatic carbocycles. The van der Waals surface area contributed by atoms with Crippen LogP contribution in [0, 0.1) is 0 Å². The van der Waals surface area contributed by atoms with Crippen LogP contribution in [0.4, 0.5) is 0 Å². The number of rotatable bonds is 2. The Labute approximate surface area is 139 Å². The first-order valence-electron chi connectivity index (χ1n) is 8.01. The quantitative estimate of drug-likeness (QED) is 0.473. The zero-order chi connectivity index (χ0) is 16.0. The van der Waals surface area contributed by atoms with Crippen molar-refractivity contribution in [3.8, 4) is 5.69 Å². The van der Waals surface area contributed by atoms with Crippen molar-refractivity contribution in [2.75, 3.05) is 0 Å². The van der Waals surface area contributed by atoms with Gasteiger partial charge in [-0.15, -0.1) is 0 Å². The van der Waals surface area contributed by atoms with Crippen molar-refractivity contribution in [3.63, 3.8) is 0 Å². The van der Waals surface area contributed by atoms with Gasteiger partial charge in [-0.3, -0.25) is 0 Å². The molecular formula is C20H20GeN2. The molecule has 0 radical (unpaired) electrons. The Hall–Kier alpha value is -2.07. The first kappa shape index (κ1) is 14.5. The Morgan fingerprint density at radius 1 is 0.783 bits per heavy atom. The molecule has 0 aliphatic heterocycles. The van der Waals surface area contributed by atoms with E-state index in [0.29, 0.717) is 0 Å². The van der Waals surface area contributed by atoms with Crippen molar-refractivity contribution in [2.45, 2.75) is 17.3 Å². The summed E-state index contributed by atoms with van der Waals surface area (Å²) in [4.78, 5) is 4.64. The van der Waals surface area contributed by atoms with E-state index < -0.39 is 13.3 Å². The molecule has 0 amide bonds. The molecule has 0 N–H and O–H groups in total. The molecule has 4 aromatic rings. The van der Waals surface area contributed by atoms with Crippen molar-refractivity contribution >= 4 is 39.6 Å². The topological polar surface area (TPSA) is 17.8 Å². The van der Waals surface area contributed by atoms with Crippen LogP contribution in [0.3, 0.4) is 0 Å². The molecule has 0 saturated heterocycles. The molecule has 0 fully saturated rings. The summed E-state index contributed by atoms with van der Waals surface area (Å²) in [7, 11) is 0. The third-order valence-corrected chi connectivity index (χ3v) is 8.76. The first-order chi connectivity index (χ1) is 11.1. The van der Waals surface area contributed by atoms with Crippen molar-refractivity contribution in [3.05, 3.63) is 66.9 Å². The zero-order valence-electron chi connectivity index (χ0n) is 13.7. The van der Waals surface area contributed by atoms with Crippen LogP contribution in [-0.2, 0) is 0 Å². The van der Waals surface area contributed by atoms with Crippen molar-refractivity contribution in [1.82, 2.24) is 9.55 Å². The number of hydrogen-bond donors (Lipinski definition) is 0. The average molecular weight is 361 g/mol. The molecule has 2 aromatic heterocycles. The van der Waals surface area contributed by atoms with Gasteiger partial charge in [0, 0.05) is 0 Å². The van der Waals surface area contributed by atoms with Gasteiger partial charge in [-0.05, 0) is 0 Å². The van der Waals surface area contributed by atoms with Gasteiger partial charge in [-0.1, -0.05) is 0 Å². The number of pyridine rings is 1. The Balaban J connectivity index is 2.01. The summed E-state index contributed by atoms with van der Waals surface area (Å²) in [5, 5.41) is 2.47. The van der Waals surface area contributed by atoms with E-state index in [1.807, 2.05) is 12.3 Å². The molecule has 2 nitrogen and oxygen atoms in total. The van der Waals surface area contributed by atoms with Crippen LogP contribution in [0.5, 0.6) is 0 Å². The first-order valence-corrected chi connectivity index (χ1v) is 15.3. The van der Waals surface area contributed by atoms with Crippen LogP contribution in [0.15, 0.2) is 66.9 Å². The Bertz CT molecular complexity index is 938. The van der Waals surface area contributed by atoms with Crippen molar-refractivity contribution in [1.29, 1.82) is 0 Å². The molecule has 0 unspecified atom stereocenters. The average Bonchev–Trinajstić information content (AvgIpc) is 2.89. The summed E-state index contributed by atoms with van der Waals surface area (Å²) in [5.41, 5.74) is 3.43. The zero-order valence-corrected chi connectivity index (χ0v) is 15.8. The van der Waals surface area contributed by atoms with E-state index in [2.05, 4.69) is 81.4 Å². The maximum absolute atomic E-state index is 4.64.